The maximum absolute atomic E-state index is 11.4. The number of hydrogen-bond donors (Lipinski definition) is 2. The summed E-state index contributed by atoms with van der Waals surface area (Å²) < 4.78 is 0. The number of carboxylic acid groups (broad SMARTS) is 1. The van der Waals surface area contributed by atoms with Gasteiger partial charge in [-0.25, -0.2) is 0 Å². The van der Waals surface area contributed by atoms with Gasteiger partial charge < -0.3 is 10.4 Å². The predicted molar refractivity (Wildman–Crippen MR) is 65.0 cm³/mol. The lowest BCUT2D eigenvalue weighted by Crippen LogP contribution is -2.43. The van der Waals surface area contributed by atoms with Gasteiger partial charge in [-0.2, -0.15) is 0 Å². The molecule has 92 valence electrons. The summed E-state index contributed by atoms with van der Waals surface area (Å²) in [7, 11) is 0. The molecule has 1 aliphatic rings. The molecule has 1 aromatic rings. The van der Waals surface area contributed by atoms with E-state index in [9.17, 15) is 9.59 Å². The van der Waals surface area contributed by atoms with Gasteiger partial charge in [0, 0.05) is 29.7 Å². The quantitative estimate of drug-likeness (QED) is 0.841. The van der Waals surface area contributed by atoms with Crippen molar-refractivity contribution >= 4 is 23.2 Å². The van der Waals surface area contributed by atoms with Crippen LogP contribution in [0.4, 0.5) is 0 Å². The zero-order chi connectivity index (χ0) is 12.3. The van der Waals surface area contributed by atoms with Gasteiger partial charge in [0.05, 0.1) is 0 Å². The van der Waals surface area contributed by atoms with Crippen LogP contribution in [0, 0.1) is 0 Å². The Labute approximate surface area is 104 Å². The zero-order valence-electron chi connectivity index (χ0n) is 9.44. The first-order chi connectivity index (χ1) is 8.10. The van der Waals surface area contributed by atoms with Crippen molar-refractivity contribution in [2.24, 2.45) is 0 Å². The van der Waals surface area contributed by atoms with E-state index in [1.807, 2.05) is 17.5 Å². The largest absolute Gasteiger partial charge is 0.481 e. The summed E-state index contributed by atoms with van der Waals surface area (Å²) in [4.78, 5) is 23.2. The first kappa shape index (κ1) is 12.1. The summed E-state index contributed by atoms with van der Waals surface area (Å²) in [6.07, 6.45) is 2.59. The molecule has 2 N–H and O–H groups in total. The molecule has 1 amide bonds. The van der Waals surface area contributed by atoms with Crippen LogP contribution in [0.5, 0.6) is 0 Å². The lowest BCUT2D eigenvalue weighted by atomic mass is 9.87. The highest BCUT2D eigenvalue weighted by atomic mass is 32.1. The van der Waals surface area contributed by atoms with Crippen molar-refractivity contribution in [2.45, 2.75) is 37.6 Å². The van der Waals surface area contributed by atoms with Crippen LogP contribution in [0.15, 0.2) is 17.5 Å². The highest BCUT2D eigenvalue weighted by molar-refractivity contribution is 7.09. The fourth-order valence-electron chi connectivity index (χ4n) is 2.27. The number of rotatable bonds is 5. The van der Waals surface area contributed by atoms with E-state index < -0.39 is 5.97 Å². The molecule has 0 aliphatic carbocycles. The van der Waals surface area contributed by atoms with Crippen molar-refractivity contribution in [3.05, 3.63) is 22.4 Å². The lowest BCUT2D eigenvalue weighted by molar-refractivity contribution is -0.137. The third-order valence-electron chi connectivity index (χ3n) is 3.15. The maximum Gasteiger partial charge on any atom is 0.303 e. The molecule has 0 radical (unpaired) electrons. The number of aliphatic carboxylic acids is 1. The molecular formula is C12H15NO3S. The smallest absolute Gasteiger partial charge is 0.303 e. The molecule has 2 rings (SSSR count). The molecule has 1 aliphatic heterocycles. The molecule has 2 heterocycles. The molecule has 0 spiro atoms. The molecule has 5 heteroatoms. The van der Waals surface area contributed by atoms with Gasteiger partial charge in [-0.1, -0.05) is 6.07 Å². The van der Waals surface area contributed by atoms with Gasteiger partial charge in [0.2, 0.25) is 5.91 Å². The Morgan fingerprint density at radius 2 is 2.41 bits per heavy atom. The molecule has 0 aromatic carbocycles. The van der Waals surface area contributed by atoms with E-state index in [1.54, 1.807) is 11.3 Å². The van der Waals surface area contributed by atoms with E-state index in [-0.39, 0.29) is 17.9 Å². The summed E-state index contributed by atoms with van der Waals surface area (Å²) in [6.45, 7) is 0. The van der Waals surface area contributed by atoms with Gasteiger partial charge >= 0.3 is 5.97 Å². The van der Waals surface area contributed by atoms with Crippen LogP contribution in [0.3, 0.4) is 0 Å². The van der Waals surface area contributed by atoms with E-state index in [4.69, 9.17) is 5.11 Å². The van der Waals surface area contributed by atoms with Crippen molar-refractivity contribution in [3.8, 4) is 0 Å². The minimum Gasteiger partial charge on any atom is -0.481 e. The van der Waals surface area contributed by atoms with Crippen molar-refractivity contribution < 1.29 is 14.7 Å². The molecule has 1 atom stereocenters. The van der Waals surface area contributed by atoms with E-state index in [1.165, 1.54) is 4.88 Å². The summed E-state index contributed by atoms with van der Waals surface area (Å²) in [5, 5.41) is 13.7. The average molecular weight is 253 g/mol. The number of carboxylic acids is 1. The highest BCUT2D eigenvalue weighted by Gasteiger charge is 2.38. The Morgan fingerprint density at radius 1 is 1.59 bits per heavy atom. The molecule has 4 nitrogen and oxygen atoms in total. The van der Waals surface area contributed by atoms with E-state index >= 15 is 0 Å². The summed E-state index contributed by atoms with van der Waals surface area (Å²) in [6, 6.07) is 4.00. The van der Waals surface area contributed by atoms with Crippen molar-refractivity contribution in [1.29, 1.82) is 0 Å². The number of carbonyl (C=O) groups is 2. The van der Waals surface area contributed by atoms with Crippen LogP contribution in [0.2, 0.25) is 0 Å². The second-order valence-electron chi connectivity index (χ2n) is 4.48. The van der Waals surface area contributed by atoms with Crippen LogP contribution in [-0.4, -0.2) is 22.5 Å². The van der Waals surface area contributed by atoms with Gasteiger partial charge in [-0.3, -0.25) is 9.59 Å². The monoisotopic (exact) mass is 253 g/mol. The van der Waals surface area contributed by atoms with Gasteiger partial charge in [0.1, 0.15) is 0 Å². The van der Waals surface area contributed by atoms with E-state index in [0.717, 1.165) is 12.8 Å². The third kappa shape index (κ3) is 3.06. The highest BCUT2D eigenvalue weighted by Crippen LogP contribution is 2.30. The normalized spacial score (nSPS) is 23.6. The molecule has 17 heavy (non-hydrogen) atoms. The third-order valence-corrected chi connectivity index (χ3v) is 4.02. The van der Waals surface area contributed by atoms with Gasteiger partial charge in [0.25, 0.3) is 0 Å². The Kier molecular flexibility index (Phi) is 3.47. The van der Waals surface area contributed by atoms with Crippen molar-refractivity contribution in [1.82, 2.24) is 5.32 Å². The zero-order valence-corrected chi connectivity index (χ0v) is 10.3. The number of hydrogen-bond acceptors (Lipinski definition) is 3. The van der Waals surface area contributed by atoms with Gasteiger partial charge in [-0.15, -0.1) is 11.3 Å². The minimum absolute atomic E-state index is 0.0342. The maximum atomic E-state index is 11.4. The number of thiophene rings is 1. The second-order valence-corrected chi connectivity index (χ2v) is 5.51. The topological polar surface area (TPSA) is 66.4 Å². The van der Waals surface area contributed by atoms with Gasteiger partial charge in [0.15, 0.2) is 0 Å². The molecule has 0 saturated carbocycles. The number of carbonyl (C=O) groups excluding carboxylic acids is 1. The Morgan fingerprint density at radius 3 is 2.94 bits per heavy atom. The molecule has 0 bridgehead atoms. The van der Waals surface area contributed by atoms with Gasteiger partial charge in [-0.05, 0) is 24.3 Å². The standard InChI is InChI=1S/C12H15NO3S/c14-10-3-5-12(13-10,6-4-11(15)16)8-9-2-1-7-17-9/h1-2,7H,3-6,8H2,(H,13,14)(H,15,16). The van der Waals surface area contributed by atoms with Crippen LogP contribution in [-0.2, 0) is 16.0 Å². The second kappa shape index (κ2) is 4.87. The van der Waals surface area contributed by atoms with Crippen LogP contribution < -0.4 is 5.32 Å². The predicted octanol–water partition coefficient (Wildman–Crippen LogP) is 1.80. The lowest BCUT2D eigenvalue weighted by Gasteiger charge is -2.28. The molecule has 1 fully saturated rings. The van der Waals surface area contributed by atoms with Crippen molar-refractivity contribution in [3.63, 3.8) is 0 Å². The first-order valence-electron chi connectivity index (χ1n) is 5.65. The fourth-order valence-corrected chi connectivity index (χ4v) is 3.12. The summed E-state index contributed by atoms with van der Waals surface area (Å²) >= 11 is 1.65. The van der Waals surface area contributed by atoms with E-state index in [2.05, 4.69) is 5.32 Å². The number of nitrogens with one attached hydrogen (secondary N) is 1. The van der Waals surface area contributed by atoms with E-state index in [0.29, 0.717) is 12.8 Å². The molecule has 1 saturated heterocycles. The minimum atomic E-state index is -0.809. The molecule has 1 aromatic heterocycles. The Balaban J connectivity index is 2.07. The SMILES string of the molecule is O=C(O)CCC1(Cc2cccs2)CCC(=O)N1. The first-order valence-corrected chi connectivity index (χ1v) is 6.53. The van der Waals surface area contributed by atoms with Crippen LogP contribution in [0.25, 0.3) is 0 Å². The Bertz CT molecular complexity index is 415. The molecule has 1 unspecified atom stereocenters. The van der Waals surface area contributed by atoms with Crippen LogP contribution >= 0.6 is 11.3 Å². The Hall–Kier alpha value is -1.36. The summed E-state index contributed by atoms with van der Waals surface area (Å²) in [5.41, 5.74) is -0.347. The van der Waals surface area contributed by atoms with Crippen LogP contribution in [0.1, 0.15) is 30.6 Å². The fraction of sp³-hybridized carbons (Fsp3) is 0.500. The average Bonchev–Trinajstić information content (AvgIpc) is 2.87. The molecular weight excluding hydrogens is 238 g/mol. The number of amides is 1. The van der Waals surface area contributed by atoms with Crippen molar-refractivity contribution in [2.75, 3.05) is 0 Å². The summed E-state index contributed by atoms with van der Waals surface area (Å²) in [5.74, 6) is -0.774.